The van der Waals surface area contributed by atoms with E-state index in [9.17, 15) is 4.79 Å². The molecule has 0 N–H and O–H groups in total. The van der Waals surface area contributed by atoms with Crippen molar-refractivity contribution in [2.75, 3.05) is 13.6 Å². The third-order valence-corrected chi connectivity index (χ3v) is 2.91. The number of hydrogen-bond donors (Lipinski definition) is 0. The first-order valence-corrected chi connectivity index (χ1v) is 5.37. The van der Waals surface area contributed by atoms with Crippen molar-refractivity contribution in [3.05, 3.63) is 17.0 Å². The van der Waals surface area contributed by atoms with Crippen LogP contribution >= 0.6 is 0 Å². The molecule has 4 nitrogen and oxygen atoms in total. The summed E-state index contributed by atoms with van der Waals surface area (Å²) in [6.45, 7) is 6.08. The summed E-state index contributed by atoms with van der Waals surface area (Å²) >= 11 is 0. The highest BCUT2D eigenvalue weighted by molar-refractivity contribution is 5.74. The Morgan fingerprint density at radius 2 is 2.20 bits per heavy atom. The molecule has 0 atom stereocenters. The molecule has 15 heavy (non-hydrogen) atoms. The lowest BCUT2D eigenvalue weighted by Crippen LogP contribution is -2.28. The largest absolute Gasteiger partial charge is 0.302 e. The van der Waals surface area contributed by atoms with Gasteiger partial charge in [0, 0.05) is 36.8 Å². The Balaban J connectivity index is 2.49. The van der Waals surface area contributed by atoms with E-state index in [0.717, 1.165) is 31.4 Å². The van der Waals surface area contributed by atoms with E-state index in [1.165, 1.54) is 5.69 Å². The van der Waals surface area contributed by atoms with Crippen molar-refractivity contribution in [2.45, 2.75) is 32.9 Å². The van der Waals surface area contributed by atoms with Crippen molar-refractivity contribution in [1.82, 2.24) is 14.7 Å². The topological polar surface area (TPSA) is 38.1 Å². The van der Waals surface area contributed by atoms with Crippen LogP contribution in [0.1, 0.15) is 41.6 Å². The summed E-state index contributed by atoms with van der Waals surface area (Å²) in [7, 11) is 2.07. The minimum absolute atomic E-state index is 0.329. The summed E-state index contributed by atoms with van der Waals surface area (Å²) in [6, 6.07) is 0.329. The molecule has 0 bridgehead atoms. The van der Waals surface area contributed by atoms with Gasteiger partial charge in [0.2, 0.25) is 0 Å². The van der Waals surface area contributed by atoms with E-state index in [-0.39, 0.29) is 0 Å². The van der Waals surface area contributed by atoms with Crippen molar-refractivity contribution in [3.8, 4) is 0 Å². The average molecular weight is 207 g/mol. The summed E-state index contributed by atoms with van der Waals surface area (Å²) in [5.41, 5.74) is 2.97. The van der Waals surface area contributed by atoms with Gasteiger partial charge in [-0.05, 0) is 20.9 Å². The smallest absolute Gasteiger partial charge is 0.170 e. The fraction of sp³-hybridized carbons (Fsp3) is 0.636. The normalized spacial score (nSPS) is 16.8. The van der Waals surface area contributed by atoms with Crippen molar-refractivity contribution in [1.29, 1.82) is 0 Å². The first-order chi connectivity index (χ1) is 7.13. The van der Waals surface area contributed by atoms with Crippen LogP contribution in [0.15, 0.2) is 0 Å². The minimum Gasteiger partial charge on any atom is -0.302 e. The first kappa shape index (κ1) is 10.4. The van der Waals surface area contributed by atoms with Crippen molar-refractivity contribution in [2.24, 2.45) is 0 Å². The maximum atomic E-state index is 10.9. The van der Waals surface area contributed by atoms with Crippen LogP contribution in [0.4, 0.5) is 0 Å². The lowest BCUT2D eigenvalue weighted by molar-refractivity contribution is 0.111. The molecule has 0 fully saturated rings. The molecule has 82 valence electrons. The number of carbonyl (C=O) groups is 1. The van der Waals surface area contributed by atoms with Gasteiger partial charge >= 0.3 is 0 Å². The van der Waals surface area contributed by atoms with Crippen LogP contribution in [0, 0.1) is 0 Å². The van der Waals surface area contributed by atoms with Crippen LogP contribution in [0.2, 0.25) is 0 Å². The zero-order valence-electron chi connectivity index (χ0n) is 9.53. The zero-order chi connectivity index (χ0) is 11.0. The molecule has 0 spiro atoms. The van der Waals surface area contributed by atoms with Crippen molar-refractivity contribution >= 4 is 6.29 Å². The number of carbonyl (C=O) groups excluding carboxylic acids is 1. The molecule has 0 unspecified atom stereocenters. The van der Waals surface area contributed by atoms with Gasteiger partial charge in [-0.2, -0.15) is 5.10 Å². The Hall–Kier alpha value is -1.16. The van der Waals surface area contributed by atoms with Crippen molar-refractivity contribution < 1.29 is 4.79 Å². The molecule has 1 aromatic rings. The zero-order valence-corrected chi connectivity index (χ0v) is 9.53. The molecule has 0 aromatic carbocycles. The number of hydrogen-bond acceptors (Lipinski definition) is 3. The summed E-state index contributed by atoms with van der Waals surface area (Å²) in [6.07, 6.45) is 1.86. The molecular formula is C11H17N3O. The van der Waals surface area contributed by atoms with Crippen LogP contribution in [-0.2, 0) is 13.0 Å². The minimum atomic E-state index is 0.329. The van der Waals surface area contributed by atoms with E-state index in [4.69, 9.17) is 0 Å². The molecule has 0 saturated heterocycles. The molecule has 1 aliphatic heterocycles. The quantitative estimate of drug-likeness (QED) is 0.685. The van der Waals surface area contributed by atoms with Crippen molar-refractivity contribution in [3.63, 3.8) is 0 Å². The monoisotopic (exact) mass is 207 g/mol. The van der Waals surface area contributed by atoms with Gasteiger partial charge in [0.15, 0.2) is 6.29 Å². The van der Waals surface area contributed by atoms with Gasteiger partial charge in [0.25, 0.3) is 0 Å². The van der Waals surface area contributed by atoms with E-state index in [1.807, 2.05) is 4.68 Å². The SMILES string of the molecule is CC(C)n1nc(C=O)c2c1CCN(C)C2. The Morgan fingerprint density at radius 1 is 1.47 bits per heavy atom. The molecule has 2 rings (SSSR count). The predicted molar refractivity (Wildman–Crippen MR) is 58.0 cm³/mol. The van der Waals surface area contributed by atoms with Crippen LogP contribution in [0.25, 0.3) is 0 Å². The summed E-state index contributed by atoms with van der Waals surface area (Å²) in [5.74, 6) is 0. The van der Waals surface area contributed by atoms with Crippen LogP contribution < -0.4 is 0 Å². The van der Waals surface area contributed by atoms with Crippen LogP contribution in [0.3, 0.4) is 0 Å². The standard InChI is InChI=1S/C11H17N3O/c1-8(2)14-11-4-5-13(3)6-9(11)10(7-15)12-14/h7-8H,4-6H2,1-3H3. The summed E-state index contributed by atoms with van der Waals surface area (Å²) in [4.78, 5) is 13.2. The Labute approximate surface area is 89.9 Å². The molecule has 4 heteroatoms. The predicted octanol–water partition coefficient (Wildman–Crippen LogP) is 1.26. The van der Waals surface area contributed by atoms with Crippen LogP contribution in [0.5, 0.6) is 0 Å². The second-order valence-electron chi connectivity index (χ2n) is 4.45. The number of aromatic nitrogens is 2. The molecular weight excluding hydrogens is 190 g/mol. The van der Waals surface area contributed by atoms with Gasteiger partial charge in [-0.1, -0.05) is 0 Å². The van der Waals surface area contributed by atoms with Gasteiger partial charge in [-0.15, -0.1) is 0 Å². The van der Waals surface area contributed by atoms with Gasteiger partial charge in [-0.25, -0.2) is 0 Å². The van der Waals surface area contributed by atoms with E-state index in [0.29, 0.717) is 11.7 Å². The number of aldehydes is 1. The number of fused-ring (bicyclic) bond motifs is 1. The van der Waals surface area contributed by atoms with E-state index in [1.54, 1.807) is 0 Å². The lowest BCUT2D eigenvalue weighted by Gasteiger charge is -2.24. The first-order valence-electron chi connectivity index (χ1n) is 5.37. The fourth-order valence-corrected chi connectivity index (χ4v) is 2.13. The molecule has 1 aromatic heterocycles. The summed E-state index contributed by atoms with van der Waals surface area (Å²) < 4.78 is 1.99. The highest BCUT2D eigenvalue weighted by Crippen LogP contribution is 2.23. The van der Waals surface area contributed by atoms with Crippen LogP contribution in [-0.4, -0.2) is 34.6 Å². The van der Waals surface area contributed by atoms with E-state index < -0.39 is 0 Å². The van der Waals surface area contributed by atoms with Gasteiger partial charge < -0.3 is 4.90 Å². The molecule has 0 amide bonds. The highest BCUT2D eigenvalue weighted by atomic mass is 16.1. The number of rotatable bonds is 2. The Kier molecular flexibility index (Phi) is 2.61. The average Bonchev–Trinajstić information content (AvgIpc) is 2.55. The second-order valence-corrected chi connectivity index (χ2v) is 4.45. The van der Waals surface area contributed by atoms with E-state index in [2.05, 4.69) is 30.9 Å². The second kappa shape index (κ2) is 3.77. The molecule has 1 aliphatic rings. The maximum Gasteiger partial charge on any atom is 0.170 e. The molecule has 0 radical (unpaired) electrons. The highest BCUT2D eigenvalue weighted by Gasteiger charge is 2.23. The third-order valence-electron chi connectivity index (χ3n) is 2.91. The Bertz CT molecular complexity index is 381. The van der Waals surface area contributed by atoms with Gasteiger partial charge in [0.1, 0.15) is 5.69 Å². The number of nitrogens with zero attached hydrogens (tertiary/aromatic N) is 3. The molecule has 0 aliphatic carbocycles. The third kappa shape index (κ3) is 1.69. The number of likely N-dealkylation sites (N-methyl/N-ethyl adjacent to an activating group) is 1. The molecule has 0 saturated carbocycles. The summed E-state index contributed by atoms with van der Waals surface area (Å²) in [5, 5.41) is 4.37. The lowest BCUT2D eigenvalue weighted by atomic mass is 10.1. The maximum absolute atomic E-state index is 10.9. The van der Waals surface area contributed by atoms with Gasteiger partial charge in [-0.3, -0.25) is 9.48 Å². The fourth-order valence-electron chi connectivity index (χ4n) is 2.13. The van der Waals surface area contributed by atoms with Gasteiger partial charge in [0.05, 0.1) is 0 Å². The van der Waals surface area contributed by atoms with E-state index >= 15 is 0 Å². The Morgan fingerprint density at radius 3 is 2.80 bits per heavy atom. The molecule has 2 heterocycles.